The number of nitrogens with one attached hydrogen (secondary N) is 1. The Kier molecular flexibility index (Phi) is 6.68. The molecule has 1 fully saturated rings. The van der Waals surface area contributed by atoms with Gasteiger partial charge in [0.2, 0.25) is 0 Å². The third-order valence-corrected chi connectivity index (χ3v) is 5.66. The largest absolute Gasteiger partial charge is 0.371 e. The Labute approximate surface area is 175 Å². The van der Waals surface area contributed by atoms with Crippen LogP contribution in [-0.4, -0.2) is 31.1 Å². The van der Waals surface area contributed by atoms with E-state index in [4.69, 9.17) is 23.2 Å². The summed E-state index contributed by atoms with van der Waals surface area (Å²) >= 11 is 11.9. The maximum absolute atomic E-state index is 13.8. The van der Waals surface area contributed by atoms with Crippen LogP contribution in [0.3, 0.4) is 0 Å². The zero-order valence-corrected chi connectivity index (χ0v) is 17.5. The van der Waals surface area contributed by atoms with Crippen molar-refractivity contribution in [1.29, 1.82) is 0 Å². The van der Waals surface area contributed by atoms with Crippen molar-refractivity contribution in [1.82, 2.24) is 10.2 Å². The number of hydrogen-bond donors (Lipinski definition) is 1. The average molecular weight is 424 g/mol. The summed E-state index contributed by atoms with van der Waals surface area (Å²) in [7, 11) is 1.74. The van der Waals surface area contributed by atoms with Crippen LogP contribution < -0.4 is 10.2 Å². The molecular formula is C21H24Cl2FN3O. The quantitative estimate of drug-likeness (QED) is 0.631. The molecule has 0 radical (unpaired) electrons. The topological polar surface area (TPSA) is 35.6 Å². The van der Waals surface area contributed by atoms with Crippen molar-refractivity contribution in [3.8, 4) is 0 Å². The molecule has 4 nitrogen and oxygen atoms in total. The summed E-state index contributed by atoms with van der Waals surface area (Å²) in [6.45, 7) is 4.33. The molecule has 2 aromatic carbocycles. The summed E-state index contributed by atoms with van der Waals surface area (Å²) < 4.78 is 13.8. The molecule has 1 saturated heterocycles. The van der Waals surface area contributed by atoms with Crippen LogP contribution in [0.1, 0.15) is 36.9 Å². The standard InChI is InChI=1S/C21H24Cl2FN3O/c1-14(16-11-19(24)18(23)12-17(16)22)25-21(28)26(2)13-15-7-3-4-8-20(15)27-9-5-6-10-27/h3-4,7-8,11-12,14H,5-6,9-10,13H2,1-2H3,(H,25,28). The van der Waals surface area contributed by atoms with Gasteiger partial charge in [-0.05, 0) is 49.1 Å². The lowest BCUT2D eigenvalue weighted by atomic mass is 10.1. The Balaban J connectivity index is 1.68. The summed E-state index contributed by atoms with van der Waals surface area (Å²) in [6.07, 6.45) is 2.39. The lowest BCUT2D eigenvalue weighted by Gasteiger charge is -2.26. The van der Waals surface area contributed by atoms with Gasteiger partial charge in [0.15, 0.2) is 0 Å². The third-order valence-electron chi connectivity index (χ3n) is 5.04. The molecule has 1 atom stereocenters. The minimum absolute atomic E-state index is 0.0390. The molecule has 150 valence electrons. The predicted octanol–water partition coefficient (Wildman–Crippen LogP) is 5.64. The van der Waals surface area contributed by atoms with E-state index in [2.05, 4.69) is 16.3 Å². The van der Waals surface area contributed by atoms with E-state index < -0.39 is 11.9 Å². The lowest BCUT2D eigenvalue weighted by molar-refractivity contribution is 0.203. The third kappa shape index (κ3) is 4.70. The highest BCUT2D eigenvalue weighted by molar-refractivity contribution is 6.35. The van der Waals surface area contributed by atoms with E-state index >= 15 is 0 Å². The Morgan fingerprint density at radius 2 is 1.89 bits per heavy atom. The fourth-order valence-electron chi connectivity index (χ4n) is 3.48. The maximum atomic E-state index is 13.8. The van der Waals surface area contributed by atoms with Crippen molar-refractivity contribution in [2.75, 3.05) is 25.0 Å². The molecule has 1 N–H and O–H groups in total. The second-order valence-electron chi connectivity index (χ2n) is 7.14. The molecule has 0 bridgehead atoms. The first-order valence-electron chi connectivity index (χ1n) is 9.35. The fourth-order valence-corrected chi connectivity index (χ4v) is 4.03. The zero-order chi connectivity index (χ0) is 20.3. The number of para-hydroxylation sites is 1. The van der Waals surface area contributed by atoms with Crippen LogP contribution in [0.5, 0.6) is 0 Å². The summed E-state index contributed by atoms with van der Waals surface area (Å²) in [5, 5.41) is 3.15. The molecule has 1 aliphatic heterocycles. The number of anilines is 1. The molecule has 7 heteroatoms. The Morgan fingerprint density at radius 3 is 2.61 bits per heavy atom. The van der Waals surface area contributed by atoms with E-state index in [1.54, 1.807) is 18.9 Å². The monoisotopic (exact) mass is 423 g/mol. The molecule has 2 aromatic rings. The molecule has 0 saturated carbocycles. The number of hydrogen-bond acceptors (Lipinski definition) is 2. The van der Waals surface area contributed by atoms with Crippen molar-refractivity contribution in [2.45, 2.75) is 32.4 Å². The normalized spacial score (nSPS) is 14.8. The van der Waals surface area contributed by atoms with E-state index in [1.165, 1.54) is 30.7 Å². The predicted molar refractivity (Wildman–Crippen MR) is 113 cm³/mol. The highest BCUT2D eigenvalue weighted by Gasteiger charge is 2.20. The summed E-state index contributed by atoms with van der Waals surface area (Å²) in [6, 6.07) is 10.1. The minimum atomic E-state index is -0.560. The lowest BCUT2D eigenvalue weighted by Crippen LogP contribution is -2.38. The zero-order valence-electron chi connectivity index (χ0n) is 16.0. The highest BCUT2D eigenvalue weighted by Crippen LogP contribution is 2.29. The SMILES string of the molecule is CC(NC(=O)N(C)Cc1ccccc1N1CCCC1)c1cc(F)c(Cl)cc1Cl. The van der Waals surface area contributed by atoms with Gasteiger partial charge in [0.25, 0.3) is 0 Å². The van der Waals surface area contributed by atoms with Gasteiger partial charge in [0.1, 0.15) is 5.82 Å². The molecule has 1 unspecified atom stereocenters. The Bertz CT molecular complexity index is 856. The second-order valence-corrected chi connectivity index (χ2v) is 7.95. The number of carbonyl (C=O) groups excluding carboxylic acids is 1. The molecule has 2 amide bonds. The highest BCUT2D eigenvalue weighted by atomic mass is 35.5. The smallest absolute Gasteiger partial charge is 0.317 e. The minimum Gasteiger partial charge on any atom is -0.371 e. The molecule has 0 aromatic heterocycles. The summed E-state index contributed by atoms with van der Waals surface area (Å²) in [5.74, 6) is -0.560. The fraction of sp³-hybridized carbons (Fsp3) is 0.381. The molecule has 0 aliphatic carbocycles. The first-order chi connectivity index (χ1) is 13.4. The van der Waals surface area contributed by atoms with Crippen molar-refractivity contribution >= 4 is 34.9 Å². The van der Waals surface area contributed by atoms with Gasteiger partial charge in [-0.3, -0.25) is 0 Å². The van der Waals surface area contributed by atoms with Crippen LogP contribution in [0.4, 0.5) is 14.9 Å². The molecule has 3 rings (SSSR count). The van der Waals surface area contributed by atoms with Gasteiger partial charge in [-0.25, -0.2) is 9.18 Å². The van der Waals surface area contributed by atoms with E-state index in [0.29, 0.717) is 17.1 Å². The van der Waals surface area contributed by atoms with E-state index in [-0.39, 0.29) is 11.1 Å². The Hall–Kier alpha value is -1.98. The van der Waals surface area contributed by atoms with E-state index in [0.717, 1.165) is 18.7 Å². The van der Waals surface area contributed by atoms with Gasteiger partial charge < -0.3 is 15.1 Å². The number of benzene rings is 2. The van der Waals surface area contributed by atoms with E-state index in [1.807, 2.05) is 18.2 Å². The first kappa shape index (κ1) is 20.7. The summed E-state index contributed by atoms with van der Waals surface area (Å²) in [5.41, 5.74) is 2.77. The number of amides is 2. The number of carbonyl (C=O) groups is 1. The van der Waals surface area contributed by atoms with Gasteiger partial charge in [-0.1, -0.05) is 41.4 Å². The van der Waals surface area contributed by atoms with Crippen molar-refractivity contribution in [3.63, 3.8) is 0 Å². The van der Waals surface area contributed by atoms with Crippen LogP contribution in [0.15, 0.2) is 36.4 Å². The van der Waals surface area contributed by atoms with Gasteiger partial charge >= 0.3 is 6.03 Å². The number of urea groups is 1. The maximum Gasteiger partial charge on any atom is 0.317 e. The number of rotatable bonds is 5. The molecule has 1 aliphatic rings. The van der Waals surface area contributed by atoms with Crippen LogP contribution in [0.25, 0.3) is 0 Å². The molecule has 28 heavy (non-hydrogen) atoms. The van der Waals surface area contributed by atoms with Crippen LogP contribution in [0, 0.1) is 5.82 Å². The van der Waals surface area contributed by atoms with Crippen molar-refractivity contribution in [2.24, 2.45) is 0 Å². The van der Waals surface area contributed by atoms with Crippen LogP contribution in [0.2, 0.25) is 10.0 Å². The van der Waals surface area contributed by atoms with Gasteiger partial charge in [-0.15, -0.1) is 0 Å². The van der Waals surface area contributed by atoms with E-state index in [9.17, 15) is 9.18 Å². The summed E-state index contributed by atoms with van der Waals surface area (Å²) in [4.78, 5) is 16.6. The Morgan fingerprint density at radius 1 is 1.21 bits per heavy atom. The number of nitrogens with zero attached hydrogens (tertiary/aromatic N) is 2. The molecule has 1 heterocycles. The molecule has 0 spiro atoms. The first-order valence-corrected chi connectivity index (χ1v) is 10.1. The van der Waals surface area contributed by atoms with Gasteiger partial charge in [0, 0.05) is 37.4 Å². The van der Waals surface area contributed by atoms with Crippen LogP contribution >= 0.6 is 23.2 Å². The van der Waals surface area contributed by atoms with Crippen molar-refractivity contribution < 1.29 is 9.18 Å². The van der Waals surface area contributed by atoms with Gasteiger partial charge in [-0.2, -0.15) is 0 Å². The van der Waals surface area contributed by atoms with Crippen LogP contribution in [-0.2, 0) is 6.54 Å². The van der Waals surface area contributed by atoms with Crippen molar-refractivity contribution in [3.05, 3.63) is 63.4 Å². The number of halogens is 3. The second kappa shape index (κ2) is 9.01. The average Bonchev–Trinajstić information content (AvgIpc) is 3.19. The van der Waals surface area contributed by atoms with Gasteiger partial charge in [0.05, 0.1) is 11.1 Å². The molecular weight excluding hydrogens is 400 g/mol.